The van der Waals surface area contributed by atoms with Crippen LogP contribution in [0.4, 0.5) is 5.69 Å². The molecule has 0 fully saturated rings. The van der Waals surface area contributed by atoms with E-state index in [-0.39, 0.29) is 11.6 Å². The molecule has 0 spiro atoms. The third kappa shape index (κ3) is 3.17. The number of hydrogen-bond acceptors (Lipinski definition) is 4. The molecule has 0 aliphatic rings. The lowest BCUT2D eigenvalue weighted by Gasteiger charge is -2.16. The first-order valence-corrected chi connectivity index (χ1v) is 6.48. The van der Waals surface area contributed by atoms with Gasteiger partial charge in [0.1, 0.15) is 0 Å². The topological polar surface area (TPSA) is 63.5 Å². The van der Waals surface area contributed by atoms with E-state index in [4.69, 9.17) is 0 Å². The highest BCUT2D eigenvalue weighted by atomic mass is 32.1. The van der Waals surface area contributed by atoms with Gasteiger partial charge in [-0.2, -0.15) is 0 Å². The van der Waals surface area contributed by atoms with E-state index in [1.165, 1.54) is 18.2 Å². The molecule has 19 heavy (non-hydrogen) atoms. The van der Waals surface area contributed by atoms with Crippen molar-refractivity contribution in [1.82, 2.24) is 4.90 Å². The zero-order valence-electron chi connectivity index (χ0n) is 10.3. The van der Waals surface area contributed by atoms with Crippen LogP contribution in [0.15, 0.2) is 41.8 Å². The summed E-state index contributed by atoms with van der Waals surface area (Å²) in [5, 5.41) is 12.6. The molecule has 0 aliphatic carbocycles. The molecule has 0 N–H and O–H groups in total. The van der Waals surface area contributed by atoms with E-state index in [9.17, 15) is 14.9 Å². The van der Waals surface area contributed by atoms with Gasteiger partial charge in [0.2, 0.25) is 0 Å². The molecule has 1 amide bonds. The van der Waals surface area contributed by atoms with Crippen molar-refractivity contribution in [3.63, 3.8) is 0 Å². The predicted octanol–water partition coefficient (Wildman–Crippen LogP) is 2.93. The lowest BCUT2D eigenvalue weighted by atomic mass is 10.2. The summed E-state index contributed by atoms with van der Waals surface area (Å²) in [6, 6.07) is 9.64. The third-order valence-corrected chi connectivity index (χ3v) is 3.48. The molecule has 2 aromatic rings. The fourth-order valence-corrected chi connectivity index (χ4v) is 2.44. The van der Waals surface area contributed by atoms with Crippen LogP contribution in [0.25, 0.3) is 0 Å². The normalized spacial score (nSPS) is 10.2. The number of carbonyl (C=O) groups is 1. The molecule has 2 rings (SSSR count). The Kier molecular flexibility index (Phi) is 3.91. The second-order valence-corrected chi connectivity index (χ2v) is 5.08. The Hall–Kier alpha value is -2.21. The second kappa shape index (κ2) is 5.62. The van der Waals surface area contributed by atoms with Crippen molar-refractivity contribution in [2.45, 2.75) is 6.54 Å². The molecule has 1 aromatic carbocycles. The van der Waals surface area contributed by atoms with E-state index in [0.29, 0.717) is 12.1 Å². The highest BCUT2D eigenvalue weighted by molar-refractivity contribution is 7.09. The van der Waals surface area contributed by atoms with Gasteiger partial charge in [0.05, 0.1) is 11.5 Å². The zero-order chi connectivity index (χ0) is 13.8. The quantitative estimate of drug-likeness (QED) is 0.637. The Balaban J connectivity index is 2.14. The fraction of sp³-hybridized carbons (Fsp3) is 0.154. The van der Waals surface area contributed by atoms with Crippen LogP contribution < -0.4 is 0 Å². The molecule has 0 atom stereocenters. The summed E-state index contributed by atoms with van der Waals surface area (Å²) in [7, 11) is 1.68. The van der Waals surface area contributed by atoms with Gasteiger partial charge in [-0.25, -0.2) is 0 Å². The number of non-ortho nitro benzene ring substituents is 1. The summed E-state index contributed by atoms with van der Waals surface area (Å²) in [6.07, 6.45) is 0. The van der Waals surface area contributed by atoms with Gasteiger partial charge in [-0.3, -0.25) is 14.9 Å². The lowest BCUT2D eigenvalue weighted by Crippen LogP contribution is -2.25. The summed E-state index contributed by atoms with van der Waals surface area (Å²) >= 11 is 1.57. The first kappa shape index (κ1) is 13.2. The molecule has 0 radical (unpaired) electrons. The van der Waals surface area contributed by atoms with Crippen LogP contribution >= 0.6 is 11.3 Å². The molecular formula is C13H12N2O3S. The third-order valence-electron chi connectivity index (χ3n) is 2.62. The van der Waals surface area contributed by atoms with Crippen LogP contribution in [-0.2, 0) is 6.54 Å². The van der Waals surface area contributed by atoms with E-state index < -0.39 is 4.92 Å². The highest BCUT2D eigenvalue weighted by Crippen LogP contribution is 2.16. The summed E-state index contributed by atoms with van der Waals surface area (Å²) in [4.78, 5) is 25.0. The summed E-state index contributed by atoms with van der Waals surface area (Å²) in [5.74, 6) is -0.225. The smallest absolute Gasteiger partial charge is 0.270 e. The fourth-order valence-electron chi connectivity index (χ4n) is 1.68. The van der Waals surface area contributed by atoms with Crippen molar-refractivity contribution in [1.29, 1.82) is 0 Å². The van der Waals surface area contributed by atoms with Crippen molar-refractivity contribution >= 4 is 22.9 Å². The Morgan fingerprint density at radius 1 is 1.37 bits per heavy atom. The molecule has 98 valence electrons. The molecular weight excluding hydrogens is 264 g/mol. The molecule has 0 unspecified atom stereocenters. The van der Waals surface area contributed by atoms with Gasteiger partial charge in [-0.1, -0.05) is 12.1 Å². The maximum Gasteiger partial charge on any atom is 0.270 e. The van der Waals surface area contributed by atoms with E-state index >= 15 is 0 Å². The summed E-state index contributed by atoms with van der Waals surface area (Å²) in [6.45, 7) is 0.499. The Bertz CT molecular complexity index is 596. The summed E-state index contributed by atoms with van der Waals surface area (Å²) < 4.78 is 0. The minimum atomic E-state index is -0.504. The van der Waals surface area contributed by atoms with Gasteiger partial charge >= 0.3 is 0 Å². The van der Waals surface area contributed by atoms with Crippen LogP contribution in [0, 0.1) is 10.1 Å². The number of benzene rings is 1. The average Bonchev–Trinajstić information content (AvgIpc) is 2.90. The number of nitro benzene ring substituents is 1. The molecule has 0 saturated heterocycles. The first-order chi connectivity index (χ1) is 9.08. The molecule has 6 heteroatoms. The van der Waals surface area contributed by atoms with Crippen LogP contribution in [0.3, 0.4) is 0 Å². The monoisotopic (exact) mass is 276 g/mol. The van der Waals surface area contributed by atoms with Crippen molar-refractivity contribution in [3.05, 3.63) is 62.3 Å². The molecule has 1 aromatic heterocycles. The molecule has 5 nitrogen and oxygen atoms in total. The number of hydrogen-bond donors (Lipinski definition) is 0. The maximum atomic E-state index is 12.2. The van der Waals surface area contributed by atoms with E-state index in [1.807, 2.05) is 17.5 Å². The molecule has 0 saturated carbocycles. The Morgan fingerprint density at radius 3 is 2.79 bits per heavy atom. The lowest BCUT2D eigenvalue weighted by molar-refractivity contribution is -0.384. The van der Waals surface area contributed by atoms with Gasteiger partial charge in [-0.15, -0.1) is 11.3 Å². The van der Waals surface area contributed by atoms with Crippen molar-refractivity contribution in [2.24, 2.45) is 0 Å². The van der Waals surface area contributed by atoms with Crippen molar-refractivity contribution in [3.8, 4) is 0 Å². The van der Waals surface area contributed by atoms with Crippen LogP contribution in [0.5, 0.6) is 0 Å². The van der Waals surface area contributed by atoms with Gasteiger partial charge < -0.3 is 4.90 Å². The van der Waals surface area contributed by atoms with E-state index in [0.717, 1.165) is 4.88 Å². The van der Waals surface area contributed by atoms with Crippen LogP contribution in [-0.4, -0.2) is 22.8 Å². The largest absolute Gasteiger partial charge is 0.337 e. The number of amides is 1. The van der Waals surface area contributed by atoms with Crippen LogP contribution in [0.2, 0.25) is 0 Å². The number of nitro groups is 1. The Labute approximate surface area is 114 Å². The summed E-state index contributed by atoms with van der Waals surface area (Å²) in [5.41, 5.74) is 0.253. The molecule has 1 heterocycles. The van der Waals surface area contributed by atoms with Gasteiger partial charge in [0.25, 0.3) is 11.6 Å². The average molecular weight is 276 g/mol. The molecule has 0 bridgehead atoms. The highest BCUT2D eigenvalue weighted by Gasteiger charge is 2.15. The predicted molar refractivity (Wildman–Crippen MR) is 73.2 cm³/mol. The number of nitrogens with zero attached hydrogens (tertiary/aromatic N) is 2. The minimum absolute atomic E-state index is 0.0737. The first-order valence-electron chi connectivity index (χ1n) is 5.60. The number of rotatable bonds is 4. The standard InChI is InChI=1S/C13H12N2O3S/c1-14(9-12-6-3-7-19-12)13(16)10-4-2-5-11(8-10)15(17)18/h2-8H,9H2,1H3. The zero-order valence-corrected chi connectivity index (χ0v) is 11.1. The number of thiophene rings is 1. The SMILES string of the molecule is CN(Cc1cccs1)C(=O)c1cccc([N+](=O)[O-])c1. The van der Waals surface area contributed by atoms with Gasteiger partial charge in [0.15, 0.2) is 0 Å². The van der Waals surface area contributed by atoms with Gasteiger partial charge in [0, 0.05) is 29.6 Å². The van der Waals surface area contributed by atoms with Crippen molar-refractivity contribution < 1.29 is 9.72 Å². The van der Waals surface area contributed by atoms with Crippen LogP contribution in [0.1, 0.15) is 15.2 Å². The van der Waals surface area contributed by atoms with E-state index in [1.54, 1.807) is 29.4 Å². The number of carbonyl (C=O) groups excluding carboxylic acids is 1. The Morgan fingerprint density at radius 2 is 2.16 bits per heavy atom. The van der Waals surface area contributed by atoms with Gasteiger partial charge in [-0.05, 0) is 17.5 Å². The second-order valence-electron chi connectivity index (χ2n) is 4.05. The maximum absolute atomic E-state index is 12.2. The van der Waals surface area contributed by atoms with E-state index in [2.05, 4.69) is 0 Å². The minimum Gasteiger partial charge on any atom is -0.337 e. The van der Waals surface area contributed by atoms with Crippen molar-refractivity contribution in [2.75, 3.05) is 7.05 Å². The molecule has 0 aliphatic heterocycles.